The first kappa shape index (κ1) is 17.5. The summed E-state index contributed by atoms with van der Waals surface area (Å²) in [6, 6.07) is 1.84. The lowest BCUT2D eigenvalue weighted by Gasteiger charge is -2.34. The molecule has 0 bridgehead atoms. The van der Waals surface area contributed by atoms with Crippen molar-refractivity contribution in [3.63, 3.8) is 0 Å². The molecule has 0 aliphatic carbocycles. The quantitative estimate of drug-likeness (QED) is 0.777. The molecule has 0 spiro atoms. The fourth-order valence-corrected chi connectivity index (χ4v) is 3.54. The van der Waals surface area contributed by atoms with E-state index in [1.165, 1.54) is 22.3 Å². The Balaban J connectivity index is 1.56. The molecular weight excluding hydrogens is 342 g/mol. The molecule has 134 valence electrons. The molecule has 0 radical (unpaired) electrons. The van der Waals surface area contributed by atoms with E-state index >= 15 is 0 Å². The van der Waals surface area contributed by atoms with Gasteiger partial charge in [-0.25, -0.2) is 0 Å². The van der Waals surface area contributed by atoms with Gasteiger partial charge in [0.25, 0.3) is 5.91 Å². The van der Waals surface area contributed by atoms with Gasteiger partial charge in [-0.2, -0.15) is 4.68 Å². The van der Waals surface area contributed by atoms with Gasteiger partial charge in [0, 0.05) is 32.7 Å². The van der Waals surface area contributed by atoms with Crippen molar-refractivity contribution in [2.45, 2.75) is 13.3 Å². The topological polar surface area (TPSA) is 96.2 Å². The van der Waals surface area contributed by atoms with Crippen LogP contribution in [0, 0.1) is 0 Å². The standard InChI is InChI=1S/C15H21N7O2S/c1-2-4-16-13(23)10-20-5-7-21(8-6-20)15(24)14-12(3-9-25-14)22-11-17-18-19-22/h3,9,11H,2,4-8,10H2,1H3,(H,16,23). The number of amides is 2. The van der Waals surface area contributed by atoms with Crippen molar-refractivity contribution in [3.8, 4) is 5.69 Å². The molecule has 3 rings (SSSR count). The molecule has 0 aromatic carbocycles. The highest BCUT2D eigenvalue weighted by molar-refractivity contribution is 7.12. The molecule has 0 atom stereocenters. The fourth-order valence-electron chi connectivity index (χ4n) is 2.69. The summed E-state index contributed by atoms with van der Waals surface area (Å²) < 4.78 is 1.50. The van der Waals surface area contributed by atoms with Gasteiger partial charge in [-0.05, 0) is 28.3 Å². The van der Waals surface area contributed by atoms with Crippen LogP contribution in [0.5, 0.6) is 0 Å². The van der Waals surface area contributed by atoms with Crippen LogP contribution in [0.2, 0.25) is 0 Å². The Morgan fingerprint density at radius 2 is 2.08 bits per heavy atom. The molecule has 1 fully saturated rings. The van der Waals surface area contributed by atoms with Crippen LogP contribution in [0.3, 0.4) is 0 Å². The second kappa shape index (κ2) is 8.17. The van der Waals surface area contributed by atoms with Gasteiger partial charge in [0.05, 0.1) is 12.2 Å². The van der Waals surface area contributed by atoms with E-state index in [2.05, 4.69) is 25.7 Å². The molecule has 3 heterocycles. The largest absolute Gasteiger partial charge is 0.355 e. The molecule has 1 N–H and O–H groups in total. The van der Waals surface area contributed by atoms with Crippen molar-refractivity contribution in [1.82, 2.24) is 35.3 Å². The van der Waals surface area contributed by atoms with E-state index in [9.17, 15) is 9.59 Å². The first-order valence-corrected chi connectivity index (χ1v) is 9.16. The Kier molecular flexibility index (Phi) is 5.71. The molecule has 1 aliphatic heterocycles. The minimum Gasteiger partial charge on any atom is -0.355 e. The van der Waals surface area contributed by atoms with Crippen LogP contribution >= 0.6 is 11.3 Å². The van der Waals surface area contributed by atoms with E-state index in [0.29, 0.717) is 49.8 Å². The number of aromatic nitrogens is 4. The summed E-state index contributed by atoms with van der Waals surface area (Å²) in [6.07, 6.45) is 2.41. The summed E-state index contributed by atoms with van der Waals surface area (Å²) in [6.45, 7) is 5.71. The number of carbonyl (C=O) groups excluding carboxylic acids is 2. The van der Waals surface area contributed by atoms with Crippen LogP contribution in [0.15, 0.2) is 17.8 Å². The SMILES string of the molecule is CCCNC(=O)CN1CCN(C(=O)c2sccc2-n2cnnn2)CC1. The fraction of sp³-hybridized carbons (Fsp3) is 0.533. The van der Waals surface area contributed by atoms with Gasteiger partial charge in [0.1, 0.15) is 11.2 Å². The number of hydrogen-bond acceptors (Lipinski definition) is 7. The summed E-state index contributed by atoms with van der Waals surface area (Å²) in [5.74, 6) is 0.0245. The van der Waals surface area contributed by atoms with Gasteiger partial charge in [-0.3, -0.25) is 14.5 Å². The van der Waals surface area contributed by atoms with Crippen molar-refractivity contribution in [1.29, 1.82) is 0 Å². The first-order valence-electron chi connectivity index (χ1n) is 8.28. The number of carbonyl (C=O) groups is 2. The van der Waals surface area contributed by atoms with Crippen molar-refractivity contribution in [3.05, 3.63) is 22.7 Å². The monoisotopic (exact) mass is 363 g/mol. The average molecular weight is 363 g/mol. The summed E-state index contributed by atoms with van der Waals surface area (Å²) in [4.78, 5) is 29.1. The Morgan fingerprint density at radius 3 is 2.76 bits per heavy atom. The normalized spacial score (nSPS) is 15.3. The molecule has 2 aromatic rings. The number of piperazine rings is 1. The molecule has 1 aliphatic rings. The first-order chi connectivity index (χ1) is 12.2. The van der Waals surface area contributed by atoms with Gasteiger partial charge >= 0.3 is 0 Å². The molecule has 10 heteroatoms. The van der Waals surface area contributed by atoms with E-state index in [4.69, 9.17) is 0 Å². The highest BCUT2D eigenvalue weighted by Crippen LogP contribution is 2.22. The molecule has 1 saturated heterocycles. The van der Waals surface area contributed by atoms with Crippen molar-refractivity contribution < 1.29 is 9.59 Å². The summed E-state index contributed by atoms with van der Waals surface area (Å²) in [7, 11) is 0. The number of thiophene rings is 1. The summed E-state index contributed by atoms with van der Waals surface area (Å²) in [5.41, 5.74) is 0.696. The predicted molar refractivity (Wildman–Crippen MR) is 92.7 cm³/mol. The van der Waals surface area contributed by atoms with Gasteiger partial charge < -0.3 is 10.2 Å². The highest BCUT2D eigenvalue weighted by Gasteiger charge is 2.26. The van der Waals surface area contributed by atoms with Crippen LogP contribution in [-0.2, 0) is 4.79 Å². The second-order valence-electron chi connectivity index (χ2n) is 5.81. The number of rotatable bonds is 6. The lowest BCUT2D eigenvalue weighted by Crippen LogP contribution is -2.51. The van der Waals surface area contributed by atoms with Crippen molar-refractivity contribution in [2.75, 3.05) is 39.3 Å². The van der Waals surface area contributed by atoms with Gasteiger partial charge in [-0.15, -0.1) is 16.4 Å². The molecular formula is C15H21N7O2S. The third-order valence-corrected chi connectivity index (χ3v) is 4.93. The lowest BCUT2D eigenvalue weighted by atomic mass is 10.2. The predicted octanol–water partition coefficient (Wildman–Crippen LogP) is 0.00780. The maximum absolute atomic E-state index is 12.8. The third kappa shape index (κ3) is 4.20. The zero-order valence-corrected chi connectivity index (χ0v) is 14.9. The Hall–Kier alpha value is -2.33. The van der Waals surface area contributed by atoms with Crippen molar-refractivity contribution >= 4 is 23.2 Å². The Morgan fingerprint density at radius 1 is 1.28 bits per heavy atom. The van der Waals surface area contributed by atoms with E-state index < -0.39 is 0 Å². The van der Waals surface area contributed by atoms with Gasteiger partial charge in [-0.1, -0.05) is 6.92 Å². The smallest absolute Gasteiger partial charge is 0.266 e. The Bertz CT molecular complexity index is 707. The second-order valence-corrected chi connectivity index (χ2v) is 6.72. The zero-order chi connectivity index (χ0) is 17.6. The minimum absolute atomic E-state index is 0.0180. The van der Waals surface area contributed by atoms with E-state index in [-0.39, 0.29) is 11.8 Å². The lowest BCUT2D eigenvalue weighted by molar-refractivity contribution is -0.122. The minimum atomic E-state index is -0.0180. The maximum Gasteiger partial charge on any atom is 0.266 e. The zero-order valence-electron chi connectivity index (χ0n) is 14.1. The number of hydrogen-bond donors (Lipinski definition) is 1. The number of nitrogens with zero attached hydrogens (tertiary/aromatic N) is 6. The summed E-state index contributed by atoms with van der Waals surface area (Å²) in [5, 5.41) is 15.8. The molecule has 0 unspecified atom stereocenters. The van der Waals surface area contributed by atoms with Crippen LogP contribution in [0.4, 0.5) is 0 Å². The van der Waals surface area contributed by atoms with Crippen LogP contribution < -0.4 is 5.32 Å². The molecule has 0 saturated carbocycles. The van der Waals surface area contributed by atoms with E-state index in [0.717, 1.165) is 6.42 Å². The third-order valence-electron chi connectivity index (χ3n) is 4.03. The Labute approximate surface area is 149 Å². The maximum atomic E-state index is 12.8. The molecule has 2 aromatic heterocycles. The number of nitrogens with one attached hydrogen (secondary N) is 1. The molecule has 2 amide bonds. The highest BCUT2D eigenvalue weighted by atomic mass is 32.1. The van der Waals surface area contributed by atoms with Crippen LogP contribution in [0.1, 0.15) is 23.0 Å². The average Bonchev–Trinajstić information content (AvgIpc) is 3.30. The van der Waals surface area contributed by atoms with Gasteiger partial charge in [0.2, 0.25) is 5.91 Å². The van der Waals surface area contributed by atoms with Crippen LogP contribution in [-0.4, -0.2) is 81.1 Å². The molecule has 9 nitrogen and oxygen atoms in total. The van der Waals surface area contributed by atoms with E-state index in [1.807, 2.05) is 23.3 Å². The molecule has 25 heavy (non-hydrogen) atoms. The van der Waals surface area contributed by atoms with Crippen LogP contribution in [0.25, 0.3) is 5.69 Å². The number of tetrazole rings is 1. The summed E-state index contributed by atoms with van der Waals surface area (Å²) >= 11 is 1.38. The van der Waals surface area contributed by atoms with Gasteiger partial charge in [0.15, 0.2) is 0 Å². The van der Waals surface area contributed by atoms with Crippen molar-refractivity contribution in [2.24, 2.45) is 0 Å². The van der Waals surface area contributed by atoms with E-state index in [1.54, 1.807) is 0 Å².